The van der Waals surface area contributed by atoms with E-state index in [9.17, 15) is 33.7 Å². The summed E-state index contributed by atoms with van der Waals surface area (Å²) in [6, 6.07) is 0. The van der Waals surface area contributed by atoms with Crippen molar-refractivity contribution < 1.29 is 51.9 Å². The number of rotatable bonds is 5. The average molecular weight is 392 g/mol. The molecule has 0 aromatic carbocycles. The second-order valence-corrected chi connectivity index (χ2v) is 10.6. The zero-order chi connectivity index (χ0) is 17.9. The number of hydrogen-bond donors (Lipinski definition) is 4. The Hall–Kier alpha value is -0.620. The van der Waals surface area contributed by atoms with Crippen molar-refractivity contribution in [1.82, 2.24) is 0 Å². The molecule has 12 nitrogen and oxygen atoms in total. The third-order valence-corrected chi connectivity index (χ3v) is 7.72. The van der Waals surface area contributed by atoms with Gasteiger partial charge in [0, 0.05) is 0 Å². The van der Waals surface area contributed by atoms with Crippen molar-refractivity contribution in [2.45, 2.75) is 11.0 Å². The van der Waals surface area contributed by atoms with Gasteiger partial charge >= 0.3 is 0 Å². The topological polar surface area (TPSA) is 217 Å². The highest BCUT2D eigenvalue weighted by atomic mass is 32.3. The highest BCUT2D eigenvalue weighted by Gasteiger charge is 2.47. The van der Waals surface area contributed by atoms with Gasteiger partial charge in [0.05, 0.1) is 0 Å². The Labute approximate surface area is 121 Å². The summed E-state index contributed by atoms with van der Waals surface area (Å²) < 4.78 is 110. The predicted molar refractivity (Wildman–Crippen MR) is 69.7 cm³/mol. The summed E-state index contributed by atoms with van der Waals surface area (Å²) in [5, 5.41) is -1.65. The molecule has 0 aliphatic heterocycles. The lowest BCUT2D eigenvalue weighted by molar-refractivity contribution is 0.443. The van der Waals surface area contributed by atoms with Crippen molar-refractivity contribution >= 4 is 40.5 Å². The fourth-order valence-corrected chi connectivity index (χ4v) is 3.52. The van der Waals surface area contributed by atoms with Crippen LogP contribution >= 0.6 is 0 Å². The van der Waals surface area contributed by atoms with Crippen molar-refractivity contribution in [3.8, 4) is 0 Å². The Bertz CT molecular complexity index is 718. The van der Waals surface area contributed by atoms with Gasteiger partial charge in [0.25, 0.3) is 40.5 Å². The van der Waals surface area contributed by atoms with Crippen molar-refractivity contribution in [3.63, 3.8) is 0 Å². The summed E-state index contributed by atoms with van der Waals surface area (Å²) in [7, 11) is -19.1. The maximum absolute atomic E-state index is 10.5. The monoisotopic (exact) mass is 392 g/mol. The first-order valence-corrected chi connectivity index (χ1v) is 10.3. The van der Waals surface area contributed by atoms with E-state index >= 15 is 0 Å². The van der Waals surface area contributed by atoms with Gasteiger partial charge in [-0.1, -0.05) is 6.08 Å². The molecule has 0 aliphatic rings. The minimum absolute atomic E-state index is 0.428. The molecule has 0 atom stereocenters. The van der Waals surface area contributed by atoms with Crippen LogP contribution in [0.4, 0.5) is 0 Å². The van der Waals surface area contributed by atoms with Gasteiger partial charge in [-0.05, 0) is 6.92 Å². The summed E-state index contributed by atoms with van der Waals surface area (Å²) >= 11 is 0. The van der Waals surface area contributed by atoms with Crippen LogP contribution in [-0.2, 0) is 40.5 Å². The minimum Gasteiger partial charge on any atom is -0.285 e. The van der Waals surface area contributed by atoms with E-state index in [-0.39, 0.29) is 0 Å². The maximum Gasteiger partial charge on any atom is 0.291 e. The Morgan fingerprint density at radius 3 is 1.05 bits per heavy atom. The lowest BCUT2D eigenvalue weighted by Gasteiger charge is -2.17. The van der Waals surface area contributed by atoms with Crippen LogP contribution in [0.2, 0.25) is 0 Å². The molecule has 0 radical (unpaired) electrons. The number of hydrogen-bond acceptors (Lipinski definition) is 8. The quantitative estimate of drug-likeness (QED) is 0.306. The second kappa shape index (κ2) is 6.65. The highest BCUT2D eigenvalue weighted by Crippen LogP contribution is 2.23. The predicted octanol–water partition coefficient (Wildman–Crippen LogP) is -1.62. The van der Waals surface area contributed by atoms with Crippen LogP contribution in [-0.4, -0.2) is 61.0 Å². The molecule has 0 fully saturated rings. The van der Waals surface area contributed by atoms with Crippen LogP contribution in [0.5, 0.6) is 0 Å². The maximum atomic E-state index is 10.5. The van der Waals surface area contributed by atoms with Crippen LogP contribution < -0.4 is 0 Å². The second-order valence-electron chi connectivity index (χ2n) is 3.45. The smallest absolute Gasteiger partial charge is 0.285 e. The first-order chi connectivity index (χ1) is 8.77. The molecule has 0 amide bonds. The van der Waals surface area contributed by atoms with E-state index in [1.54, 1.807) is 0 Å². The van der Waals surface area contributed by atoms with Gasteiger partial charge in [0.15, 0.2) is 0 Å². The van der Waals surface area contributed by atoms with Gasteiger partial charge < -0.3 is 0 Å². The first-order valence-electron chi connectivity index (χ1n) is 4.25. The molecule has 0 spiro atoms. The Kier molecular flexibility index (Phi) is 7.17. The summed E-state index contributed by atoms with van der Waals surface area (Å²) in [6.45, 7) is 3.50. The largest absolute Gasteiger partial charge is 0.291 e. The van der Waals surface area contributed by atoms with Gasteiger partial charge in [-0.15, -0.1) is 6.58 Å². The summed E-state index contributed by atoms with van der Waals surface area (Å²) in [5.74, 6) is 0. The van der Waals surface area contributed by atoms with E-state index in [1.165, 1.54) is 0 Å². The van der Waals surface area contributed by atoms with E-state index in [2.05, 4.69) is 6.58 Å². The van der Waals surface area contributed by atoms with Gasteiger partial charge in [0.2, 0.25) is 9.16 Å². The van der Waals surface area contributed by atoms with Crippen LogP contribution in [0.3, 0.4) is 0 Å². The Morgan fingerprint density at radius 1 is 0.810 bits per heavy atom. The third kappa shape index (κ3) is 8.41. The molecule has 21 heavy (non-hydrogen) atoms. The molecule has 0 aromatic heterocycles. The molecule has 0 saturated heterocycles. The van der Waals surface area contributed by atoms with Gasteiger partial charge in [-0.25, -0.2) is 0 Å². The van der Waals surface area contributed by atoms with Crippen molar-refractivity contribution in [1.29, 1.82) is 0 Å². The molecule has 4 N–H and O–H groups in total. The molecular weight excluding hydrogens is 380 g/mol. The van der Waals surface area contributed by atoms with Crippen LogP contribution in [0, 0.1) is 0 Å². The lowest BCUT2D eigenvalue weighted by atomic mass is 10.5. The van der Waals surface area contributed by atoms with E-state index in [0.717, 1.165) is 0 Å². The molecule has 0 bridgehead atoms. The van der Waals surface area contributed by atoms with E-state index in [4.69, 9.17) is 18.2 Å². The zero-order valence-corrected chi connectivity index (χ0v) is 13.4. The van der Waals surface area contributed by atoms with E-state index < -0.39 is 49.6 Å². The van der Waals surface area contributed by atoms with Crippen LogP contribution in [0.15, 0.2) is 12.7 Å². The van der Waals surface area contributed by atoms with Gasteiger partial charge in [-0.2, -0.15) is 33.7 Å². The molecular formula is C5H12O12S4. The molecule has 0 unspecified atom stereocenters. The minimum atomic E-state index is -4.93. The van der Waals surface area contributed by atoms with Gasteiger partial charge in [-0.3, -0.25) is 18.2 Å². The molecule has 0 saturated carbocycles. The summed E-state index contributed by atoms with van der Waals surface area (Å²) in [5.41, 5.74) is 0. The SMILES string of the molecule is C=CC(C)(S(=O)(=O)O)S(=O)(=O)O.O=S(=O)(O)CS(=O)(=O)O. The van der Waals surface area contributed by atoms with Gasteiger partial charge in [0.1, 0.15) is 0 Å². The fraction of sp³-hybridized carbons (Fsp3) is 0.600. The molecule has 0 aliphatic carbocycles. The molecule has 16 heteroatoms. The van der Waals surface area contributed by atoms with E-state index in [1.807, 2.05) is 0 Å². The van der Waals surface area contributed by atoms with Crippen LogP contribution in [0.25, 0.3) is 0 Å². The standard InChI is InChI=1S/C4H8O6S2.CH4O6S2/c1-3-4(2,11(5,6)7)12(8,9)10;2-8(3,4)1-9(5,6)7/h3H,1H2,2H3,(H,5,6,7)(H,8,9,10);1H2,(H,2,3,4)(H,5,6,7). The van der Waals surface area contributed by atoms with E-state index in [0.29, 0.717) is 13.0 Å². The Morgan fingerprint density at radius 2 is 1.05 bits per heavy atom. The molecule has 0 rings (SSSR count). The Balaban J connectivity index is 0. The first kappa shape index (κ1) is 22.7. The highest BCUT2D eigenvalue weighted by molar-refractivity contribution is 8.05. The normalized spacial score (nSPS) is 14.0. The molecule has 0 heterocycles. The fourth-order valence-electron chi connectivity index (χ4n) is 0.532. The van der Waals surface area contributed by atoms with Crippen molar-refractivity contribution in [2.75, 3.05) is 5.08 Å². The van der Waals surface area contributed by atoms with Crippen LogP contribution in [0.1, 0.15) is 6.92 Å². The third-order valence-electron chi connectivity index (χ3n) is 1.69. The molecule has 0 aromatic rings. The summed E-state index contributed by atoms with van der Waals surface area (Å²) in [6.07, 6.45) is 0.428. The zero-order valence-electron chi connectivity index (χ0n) is 10.2. The molecule has 128 valence electrons. The summed E-state index contributed by atoms with van der Waals surface area (Å²) in [4.78, 5) is 0. The average Bonchev–Trinajstić information content (AvgIpc) is 2.07. The van der Waals surface area contributed by atoms with Crippen molar-refractivity contribution in [3.05, 3.63) is 12.7 Å². The lowest BCUT2D eigenvalue weighted by Crippen LogP contribution is -2.40. The van der Waals surface area contributed by atoms with Crippen molar-refractivity contribution in [2.24, 2.45) is 0 Å².